The standard InChI is InChI=1S/C12H20N4O/c1-3-9-10(4-2)15-16-12(14-9)13-7-11(17)8-5-6-8/h8,11,17H,3-7H2,1-2H3,(H,13,14,16). The van der Waals surface area contributed by atoms with Crippen LogP contribution in [0.2, 0.25) is 0 Å². The molecule has 0 spiro atoms. The summed E-state index contributed by atoms with van der Waals surface area (Å²) in [5.74, 6) is 0.995. The Morgan fingerprint density at radius 2 is 1.94 bits per heavy atom. The van der Waals surface area contributed by atoms with Gasteiger partial charge in [0.05, 0.1) is 17.5 Å². The number of anilines is 1. The minimum absolute atomic E-state index is 0.283. The van der Waals surface area contributed by atoms with Crippen molar-refractivity contribution in [2.24, 2.45) is 5.92 Å². The van der Waals surface area contributed by atoms with Gasteiger partial charge < -0.3 is 10.4 Å². The van der Waals surface area contributed by atoms with Gasteiger partial charge in [0.25, 0.3) is 0 Å². The molecule has 1 aromatic heterocycles. The van der Waals surface area contributed by atoms with Crippen molar-refractivity contribution in [3.05, 3.63) is 11.4 Å². The Kier molecular flexibility index (Phi) is 3.89. The largest absolute Gasteiger partial charge is 0.391 e. The maximum Gasteiger partial charge on any atom is 0.243 e. The first kappa shape index (κ1) is 12.2. The number of aliphatic hydroxyl groups is 1. The molecule has 0 bridgehead atoms. The van der Waals surface area contributed by atoms with Crippen LogP contribution in [0.15, 0.2) is 0 Å². The van der Waals surface area contributed by atoms with Crippen molar-refractivity contribution in [1.82, 2.24) is 15.2 Å². The van der Waals surface area contributed by atoms with E-state index in [1.54, 1.807) is 0 Å². The van der Waals surface area contributed by atoms with E-state index in [0.717, 1.165) is 37.1 Å². The van der Waals surface area contributed by atoms with E-state index in [9.17, 15) is 5.11 Å². The highest BCUT2D eigenvalue weighted by Crippen LogP contribution is 2.32. The Bertz CT molecular complexity index is 379. The predicted molar refractivity (Wildman–Crippen MR) is 65.8 cm³/mol. The van der Waals surface area contributed by atoms with E-state index in [-0.39, 0.29) is 6.10 Å². The highest BCUT2D eigenvalue weighted by molar-refractivity contribution is 5.26. The maximum atomic E-state index is 9.74. The van der Waals surface area contributed by atoms with Crippen molar-refractivity contribution in [2.45, 2.75) is 45.6 Å². The Balaban J connectivity index is 1.95. The van der Waals surface area contributed by atoms with Crippen molar-refractivity contribution in [1.29, 1.82) is 0 Å². The van der Waals surface area contributed by atoms with Gasteiger partial charge in [0.15, 0.2) is 0 Å². The van der Waals surface area contributed by atoms with Gasteiger partial charge in [-0.05, 0) is 31.6 Å². The first-order chi connectivity index (χ1) is 8.24. The Morgan fingerprint density at radius 1 is 1.24 bits per heavy atom. The summed E-state index contributed by atoms with van der Waals surface area (Å²) in [7, 11) is 0. The molecule has 5 heteroatoms. The molecule has 1 saturated carbocycles. The third-order valence-corrected chi connectivity index (χ3v) is 3.14. The molecule has 94 valence electrons. The molecule has 1 aliphatic rings. The number of aryl methyl sites for hydroxylation is 2. The molecule has 17 heavy (non-hydrogen) atoms. The molecule has 1 atom stereocenters. The fourth-order valence-corrected chi connectivity index (χ4v) is 1.86. The monoisotopic (exact) mass is 236 g/mol. The summed E-state index contributed by atoms with van der Waals surface area (Å²) >= 11 is 0. The zero-order chi connectivity index (χ0) is 12.3. The molecule has 5 nitrogen and oxygen atoms in total. The lowest BCUT2D eigenvalue weighted by molar-refractivity contribution is 0.164. The number of nitrogens with zero attached hydrogens (tertiary/aromatic N) is 3. The van der Waals surface area contributed by atoms with Crippen LogP contribution < -0.4 is 5.32 Å². The minimum atomic E-state index is -0.283. The van der Waals surface area contributed by atoms with E-state index in [0.29, 0.717) is 18.4 Å². The lowest BCUT2D eigenvalue weighted by atomic mass is 10.2. The first-order valence-electron chi connectivity index (χ1n) is 6.39. The molecule has 0 saturated heterocycles. The molecule has 0 radical (unpaired) electrons. The molecule has 1 heterocycles. The van der Waals surface area contributed by atoms with E-state index in [1.165, 1.54) is 0 Å². The summed E-state index contributed by atoms with van der Waals surface area (Å²) in [6.07, 6.45) is 3.70. The highest BCUT2D eigenvalue weighted by Gasteiger charge is 2.29. The molecular formula is C12H20N4O. The van der Waals surface area contributed by atoms with Crippen LogP contribution >= 0.6 is 0 Å². The highest BCUT2D eigenvalue weighted by atomic mass is 16.3. The van der Waals surface area contributed by atoms with Gasteiger partial charge in [-0.2, -0.15) is 5.10 Å². The van der Waals surface area contributed by atoms with Gasteiger partial charge in [-0.3, -0.25) is 0 Å². The van der Waals surface area contributed by atoms with Crippen molar-refractivity contribution < 1.29 is 5.11 Å². The second-order valence-corrected chi connectivity index (χ2v) is 4.52. The minimum Gasteiger partial charge on any atom is -0.391 e. The van der Waals surface area contributed by atoms with Crippen LogP contribution in [0.5, 0.6) is 0 Å². The van der Waals surface area contributed by atoms with Crippen molar-refractivity contribution >= 4 is 5.95 Å². The number of aromatic nitrogens is 3. The molecule has 1 aromatic rings. The number of hydrogen-bond donors (Lipinski definition) is 2. The van der Waals surface area contributed by atoms with Crippen LogP contribution in [0.4, 0.5) is 5.95 Å². The fraction of sp³-hybridized carbons (Fsp3) is 0.750. The number of hydrogen-bond acceptors (Lipinski definition) is 5. The quantitative estimate of drug-likeness (QED) is 0.776. The van der Waals surface area contributed by atoms with Crippen molar-refractivity contribution in [3.8, 4) is 0 Å². The van der Waals surface area contributed by atoms with Crippen LogP contribution in [0, 0.1) is 5.92 Å². The molecule has 2 rings (SSSR count). The SMILES string of the molecule is CCc1nnc(NCC(O)C2CC2)nc1CC. The van der Waals surface area contributed by atoms with E-state index in [1.807, 2.05) is 0 Å². The van der Waals surface area contributed by atoms with E-state index in [2.05, 4.69) is 34.3 Å². The molecule has 0 aromatic carbocycles. The second-order valence-electron chi connectivity index (χ2n) is 4.52. The van der Waals surface area contributed by atoms with Gasteiger partial charge in [0.1, 0.15) is 0 Å². The molecular weight excluding hydrogens is 216 g/mol. The predicted octanol–water partition coefficient (Wildman–Crippen LogP) is 1.18. The molecule has 1 aliphatic carbocycles. The fourth-order valence-electron chi connectivity index (χ4n) is 1.86. The smallest absolute Gasteiger partial charge is 0.243 e. The normalized spacial score (nSPS) is 16.9. The average Bonchev–Trinajstić information content (AvgIpc) is 3.19. The van der Waals surface area contributed by atoms with Crippen LogP contribution in [-0.2, 0) is 12.8 Å². The van der Waals surface area contributed by atoms with Crippen LogP contribution in [0.1, 0.15) is 38.1 Å². The number of rotatable bonds is 6. The Morgan fingerprint density at radius 3 is 2.53 bits per heavy atom. The van der Waals surface area contributed by atoms with Crippen LogP contribution in [0.25, 0.3) is 0 Å². The summed E-state index contributed by atoms with van der Waals surface area (Å²) in [6, 6.07) is 0. The summed E-state index contributed by atoms with van der Waals surface area (Å²) in [6.45, 7) is 4.63. The van der Waals surface area contributed by atoms with Gasteiger partial charge in [0, 0.05) is 6.54 Å². The zero-order valence-corrected chi connectivity index (χ0v) is 10.5. The molecule has 1 unspecified atom stereocenters. The van der Waals surface area contributed by atoms with Gasteiger partial charge in [0.2, 0.25) is 5.95 Å². The lowest BCUT2D eigenvalue weighted by Crippen LogP contribution is -2.23. The van der Waals surface area contributed by atoms with Gasteiger partial charge in [-0.15, -0.1) is 5.10 Å². The molecule has 0 aliphatic heterocycles. The first-order valence-corrected chi connectivity index (χ1v) is 6.39. The summed E-state index contributed by atoms with van der Waals surface area (Å²) in [5, 5.41) is 21.0. The number of aliphatic hydroxyl groups excluding tert-OH is 1. The molecule has 1 fully saturated rings. The Labute approximate surface area is 102 Å². The lowest BCUT2D eigenvalue weighted by Gasteiger charge is -2.11. The third-order valence-electron chi connectivity index (χ3n) is 3.14. The average molecular weight is 236 g/mol. The van der Waals surface area contributed by atoms with Crippen molar-refractivity contribution in [2.75, 3.05) is 11.9 Å². The van der Waals surface area contributed by atoms with Gasteiger partial charge in [-0.25, -0.2) is 4.98 Å². The maximum absolute atomic E-state index is 9.74. The summed E-state index contributed by atoms with van der Waals surface area (Å²) < 4.78 is 0. The zero-order valence-electron chi connectivity index (χ0n) is 10.5. The van der Waals surface area contributed by atoms with Gasteiger partial charge in [-0.1, -0.05) is 13.8 Å². The topological polar surface area (TPSA) is 70.9 Å². The third kappa shape index (κ3) is 3.12. The van der Waals surface area contributed by atoms with E-state index in [4.69, 9.17) is 0 Å². The Hall–Kier alpha value is -1.23. The summed E-state index contributed by atoms with van der Waals surface area (Å²) in [5.41, 5.74) is 1.95. The number of nitrogens with one attached hydrogen (secondary N) is 1. The second kappa shape index (κ2) is 5.40. The van der Waals surface area contributed by atoms with Gasteiger partial charge >= 0.3 is 0 Å². The summed E-state index contributed by atoms with van der Waals surface area (Å²) in [4.78, 5) is 4.42. The van der Waals surface area contributed by atoms with Crippen LogP contribution in [0.3, 0.4) is 0 Å². The molecule has 0 amide bonds. The van der Waals surface area contributed by atoms with E-state index < -0.39 is 0 Å². The molecule has 2 N–H and O–H groups in total. The van der Waals surface area contributed by atoms with E-state index >= 15 is 0 Å². The van der Waals surface area contributed by atoms with Crippen molar-refractivity contribution in [3.63, 3.8) is 0 Å². The van der Waals surface area contributed by atoms with Crippen LogP contribution in [-0.4, -0.2) is 32.9 Å².